The van der Waals surface area contributed by atoms with E-state index in [1.807, 2.05) is 35.2 Å². The van der Waals surface area contributed by atoms with E-state index in [0.717, 1.165) is 5.56 Å². The van der Waals surface area contributed by atoms with Gasteiger partial charge in [-0.25, -0.2) is 0 Å². The minimum absolute atomic E-state index is 0. The van der Waals surface area contributed by atoms with E-state index >= 15 is 0 Å². The largest absolute Gasteiger partial charge is 0.480 e. The first-order chi connectivity index (χ1) is 7.22. The summed E-state index contributed by atoms with van der Waals surface area (Å²) in [4.78, 5) is 12.4. The Morgan fingerprint density at radius 3 is 2.50 bits per heavy atom. The van der Waals surface area contributed by atoms with Crippen LogP contribution in [-0.2, 0) is 11.3 Å². The number of benzene rings is 1. The third-order valence-corrected chi connectivity index (χ3v) is 2.00. The Hall–Kier alpha value is -1.32. The average Bonchev–Trinajstić information content (AvgIpc) is 2.18. The Kier molecular flexibility index (Phi) is 7.25. The van der Waals surface area contributed by atoms with Crippen LogP contribution >= 0.6 is 12.4 Å². The number of halogens is 1. The summed E-state index contributed by atoms with van der Waals surface area (Å²) < 4.78 is 0. The number of aliphatic carboxylic acids is 1. The molecule has 0 radical (unpaired) electrons. The van der Waals surface area contributed by atoms with Gasteiger partial charge in [-0.05, 0) is 5.56 Å². The number of nitrogens with zero attached hydrogens (tertiary/aromatic N) is 1. The second-order valence-corrected chi connectivity index (χ2v) is 3.34. The number of carbonyl (C=O) groups is 1. The average molecular weight is 242 g/mol. The molecule has 0 aromatic heterocycles. The van der Waals surface area contributed by atoms with Crippen LogP contribution in [0.15, 0.2) is 43.0 Å². The molecule has 0 unspecified atom stereocenters. The van der Waals surface area contributed by atoms with Crippen molar-refractivity contribution in [3.63, 3.8) is 0 Å². The van der Waals surface area contributed by atoms with Crippen molar-refractivity contribution in [3.05, 3.63) is 48.6 Å². The highest BCUT2D eigenvalue weighted by atomic mass is 35.5. The van der Waals surface area contributed by atoms with Crippen LogP contribution in [0.2, 0.25) is 0 Å². The molecule has 1 aromatic rings. The summed E-state index contributed by atoms with van der Waals surface area (Å²) in [6.45, 7) is 4.88. The Morgan fingerprint density at radius 2 is 2.00 bits per heavy atom. The maximum absolute atomic E-state index is 10.6. The molecule has 1 rings (SSSR count). The SMILES string of the molecule is C=CCN(CC(=O)O)Cc1ccccc1.Cl. The highest BCUT2D eigenvalue weighted by Crippen LogP contribution is 2.03. The van der Waals surface area contributed by atoms with Crippen LogP contribution in [0.1, 0.15) is 5.56 Å². The molecule has 16 heavy (non-hydrogen) atoms. The summed E-state index contributed by atoms with van der Waals surface area (Å²) in [7, 11) is 0. The fourth-order valence-corrected chi connectivity index (χ4v) is 1.40. The maximum Gasteiger partial charge on any atom is 0.317 e. The topological polar surface area (TPSA) is 40.5 Å². The predicted molar refractivity (Wildman–Crippen MR) is 66.8 cm³/mol. The molecule has 1 aromatic carbocycles. The van der Waals surface area contributed by atoms with Crippen LogP contribution in [0.4, 0.5) is 0 Å². The molecule has 1 N–H and O–H groups in total. The lowest BCUT2D eigenvalue weighted by Crippen LogP contribution is -2.29. The summed E-state index contributed by atoms with van der Waals surface area (Å²) >= 11 is 0. The standard InChI is InChI=1S/C12H15NO2.ClH/c1-2-8-13(10-12(14)15)9-11-6-4-3-5-7-11;/h2-7H,1,8-10H2,(H,14,15);1H. The molecule has 0 fully saturated rings. The summed E-state index contributed by atoms with van der Waals surface area (Å²) in [6, 6.07) is 9.80. The van der Waals surface area contributed by atoms with Gasteiger partial charge in [0.1, 0.15) is 0 Å². The third kappa shape index (κ3) is 5.53. The quantitative estimate of drug-likeness (QED) is 0.777. The second kappa shape index (κ2) is 7.91. The Labute approximate surface area is 102 Å². The van der Waals surface area contributed by atoms with Gasteiger partial charge in [0.15, 0.2) is 0 Å². The van der Waals surface area contributed by atoms with Gasteiger partial charge < -0.3 is 5.11 Å². The fourth-order valence-electron chi connectivity index (χ4n) is 1.40. The fraction of sp³-hybridized carbons (Fsp3) is 0.250. The van der Waals surface area contributed by atoms with Gasteiger partial charge in [-0.3, -0.25) is 9.69 Å². The normalized spacial score (nSPS) is 9.56. The second-order valence-electron chi connectivity index (χ2n) is 3.34. The minimum atomic E-state index is -0.812. The van der Waals surface area contributed by atoms with Gasteiger partial charge in [-0.2, -0.15) is 0 Å². The Balaban J connectivity index is 0.00000225. The van der Waals surface area contributed by atoms with Crippen molar-refractivity contribution in [2.45, 2.75) is 6.54 Å². The first kappa shape index (κ1) is 14.7. The lowest BCUT2D eigenvalue weighted by atomic mass is 10.2. The van der Waals surface area contributed by atoms with Crippen LogP contribution in [0.3, 0.4) is 0 Å². The van der Waals surface area contributed by atoms with Gasteiger partial charge in [0, 0.05) is 13.1 Å². The van der Waals surface area contributed by atoms with Crippen LogP contribution in [-0.4, -0.2) is 29.1 Å². The number of carboxylic acid groups (broad SMARTS) is 1. The zero-order valence-corrected chi connectivity index (χ0v) is 9.82. The molecule has 0 bridgehead atoms. The van der Waals surface area contributed by atoms with E-state index in [2.05, 4.69) is 6.58 Å². The molecule has 0 saturated carbocycles. The number of hydrogen-bond donors (Lipinski definition) is 1. The highest BCUT2D eigenvalue weighted by molar-refractivity contribution is 5.85. The van der Waals surface area contributed by atoms with Gasteiger partial charge in [-0.15, -0.1) is 19.0 Å². The summed E-state index contributed by atoms with van der Waals surface area (Å²) in [5.74, 6) is -0.812. The molecular weight excluding hydrogens is 226 g/mol. The van der Waals surface area contributed by atoms with Crippen molar-refractivity contribution in [3.8, 4) is 0 Å². The van der Waals surface area contributed by atoms with E-state index in [1.165, 1.54) is 0 Å². The smallest absolute Gasteiger partial charge is 0.317 e. The van der Waals surface area contributed by atoms with Crippen molar-refractivity contribution in [1.29, 1.82) is 0 Å². The molecule has 0 spiro atoms. The van der Waals surface area contributed by atoms with Crippen LogP contribution in [0.5, 0.6) is 0 Å². The molecule has 0 amide bonds. The van der Waals surface area contributed by atoms with Crippen LogP contribution < -0.4 is 0 Å². The van der Waals surface area contributed by atoms with Gasteiger partial charge in [0.25, 0.3) is 0 Å². The van der Waals surface area contributed by atoms with Gasteiger partial charge in [0.2, 0.25) is 0 Å². The molecular formula is C12H16ClNO2. The Bertz CT molecular complexity index is 327. The van der Waals surface area contributed by atoms with E-state index in [9.17, 15) is 4.79 Å². The lowest BCUT2D eigenvalue weighted by molar-refractivity contribution is -0.138. The summed E-state index contributed by atoms with van der Waals surface area (Å²) in [6.07, 6.45) is 1.71. The molecule has 0 atom stereocenters. The van der Waals surface area contributed by atoms with Crippen molar-refractivity contribution in [2.24, 2.45) is 0 Å². The number of carboxylic acids is 1. The molecule has 4 heteroatoms. The third-order valence-electron chi connectivity index (χ3n) is 2.00. The zero-order valence-electron chi connectivity index (χ0n) is 9.00. The lowest BCUT2D eigenvalue weighted by Gasteiger charge is -2.18. The molecule has 3 nitrogen and oxygen atoms in total. The first-order valence-corrected chi connectivity index (χ1v) is 4.81. The molecule has 0 saturated heterocycles. The van der Waals surface area contributed by atoms with Crippen molar-refractivity contribution < 1.29 is 9.90 Å². The highest BCUT2D eigenvalue weighted by Gasteiger charge is 2.07. The van der Waals surface area contributed by atoms with Gasteiger partial charge in [0.05, 0.1) is 6.54 Å². The van der Waals surface area contributed by atoms with E-state index in [-0.39, 0.29) is 19.0 Å². The summed E-state index contributed by atoms with van der Waals surface area (Å²) in [5, 5.41) is 8.71. The number of rotatable bonds is 6. The molecule has 0 aliphatic rings. The van der Waals surface area contributed by atoms with Crippen LogP contribution in [0, 0.1) is 0 Å². The van der Waals surface area contributed by atoms with Crippen molar-refractivity contribution in [2.75, 3.05) is 13.1 Å². The van der Waals surface area contributed by atoms with E-state index in [1.54, 1.807) is 6.08 Å². The van der Waals surface area contributed by atoms with Gasteiger partial charge in [-0.1, -0.05) is 36.4 Å². The van der Waals surface area contributed by atoms with Crippen molar-refractivity contribution in [1.82, 2.24) is 4.90 Å². The minimum Gasteiger partial charge on any atom is -0.480 e. The number of hydrogen-bond acceptors (Lipinski definition) is 2. The van der Waals surface area contributed by atoms with Crippen LogP contribution in [0.25, 0.3) is 0 Å². The maximum atomic E-state index is 10.6. The Morgan fingerprint density at radius 1 is 1.38 bits per heavy atom. The van der Waals surface area contributed by atoms with Gasteiger partial charge >= 0.3 is 5.97 Å². The van der Waals surface area contributed by atoms with Crippen molar-refractivity contribution >= 4 is 18.4 Å². The van der Waals surface area contributed by atoms with E-state index in [0.29, 0.717) is 13.1 Å². The zero-order chi connectivity index (χ0) is 11.1. The molecule has 0 aliphatic carbocycles. The first-order valence-electron chi connectivity index (χ1n) is 4.81. The summed E-state index contributed by atoms with van der Waals surface area (Å²) in [5.41, 5.74) is 1.11. The monoisotopic (exact) mass is 241 g/mol. The predicted octanol–water partition coefficient (Wildman–Crippen LogP) is 2.18. The molecule has 0 heterocycles. The molecule has 0 aliphatic heterocycles. The van der Waals surface area contributed by atoms with E-state index < -0.39 is 5.97 Å². The van der Waals surface area contributed by atoms with E-state index in [4.69, 9.17) is 5.11 Å². The molecule has 88 valence electrons.